The number of carboxylic acids is 1. The molecule has 1 aliphatic heterocycles. The average molecular weight is 629 g/mol. The van der Waals surface area contributed by atoms with E-state index in [0.717, 1.165) is 68.1 Å². The smallest absolute Gasteiger partial charge is 0.335 e. The van der Waals surface area contributed by atoms with E-state index in [1.54, 1.807) is 25.3 Å². The maximum atomic E-state index is 12.0. The van der Waals surface area contributed by atoms with Gasteiger partial charge in [-0.25, -0.2) is 18.4 Å². The fourth-order valence-corrected chi connectivity index (χ4v) is 9.11. The van der Waals surface area contributed by atoms with Crippen LogP contribution in [0.1, 0.15) is 60.5 Å². The normalized spacial score (nSPS) is 27.9. The molecule has 0 bridgehead atoms. The Hall–Kier alpha value is -2.59. The monoisotopic (exact) mass is 628 g/mol. The number of nitrogens with zero attached hydrogens (tertiary/aromatic N) is 1. The molecule has 6 atom stereocenters. The number of halogens is 1. The standard InChI is InChI=1S/C33H41ClN2O6S/c1-20(17-43(35,39)40)24-12-25(13-24)31(41-2)27-8-5-23(27)16-36-18-33(11-3-4-21-14-26(34)7-9-28(21)33)19-42-30-10-6-22(32(37)38)15-29(30)36/h6-7,9-10,12,14-15,20,23-24,27,31H,3-5,8,11,13,16-19H2,1-2H3,(H,37,38)(H2,35,39,40)/t20-,23+,24+,27-,31+,33+/m1/s1. The molecule has 0 unspecified atom stereocenters. The molecule has 1 fully saturated rings. The molecule has 0 radical (unpaired) electrons. The minimum Gasteiger partial charge on any atom is -0.490 e. The highest BCUT2D eigenvalue weighted by atomic mass is 35.5. The lowest BCUT2D eigenvalue weighted by Gasteiger charge is -2.48. The lowest BCUT2D eigenvalue weighted by atomic mass is 9.64. The van der Waals surface area contributed by atoms with Gasteiger partial charge in [-0.15, -0.1) is 0 Å². The van der Waals surface area contributed by atoms with Crippen molar-refractivity contribution in [3.63, 3.8) is 0 Å². The third-order valence-electron chi connectivity index (χ3n) is 10.3. The van der Waals surface area contributed by atoms with E-state index in [1.165, 1.54) is 16.7 Å². The molecule has 8 nitrogen and oxygen atoms in total. The summed E-state index contributed by atoms with van der Waals surface area (Å²) in [6, 6.07) is 11.4. The van der Waals surface area contributed by atoms with Crippen molar-refractivity contribution >= 4 is 33.3 Å². The zero-order valence-electron chi connectivity index (χ0n) is 24.8. The number of aromatic carboxylic acids is 1. The van der Waals surface area contributed by atoms with Crippen LogP contribution in [0, 0.1) is 23.7 Å². The van der Waals surface area contributed by atoms with Crippen molar-refractivity contribution in [3.05, 3.63) is 69.8 Å². The summed E-state index contributed by atoms with van der Waals surface area (Å²) in [5, 5.41) is 15.8. The number of benzene rings is 2. The van der Waals surface area contributed by atoms with Gasteiger partial charge in [0.05, 0.1) is 29.7 Å². The Kier molecular flexibility index (Phi) is 8.30. The van der Waals surface area contributed by atoms with Crippen LogP contribution in [-0.4, -0.2) is 58.2 Å². The van der Waals surface area contributed by atoms with Crippen LogP contribution in [0.4, 0.5) is 5.69 Å². The molecule has 0 aromatic heterocycles. The minimum atomic E-state index is -3.51. The number of fused-ring (bicyclic) bond motifs is 3. The number of allylic oxidation sites excluding steroid dienone is 1. The van der Waals surface area contributed by atoms with Crippen LogP contribution < -0.4 is 14.8 Å². The molecule has 3 N–H and O–H groups in total. The number of ether oxygens (including phenoxy) is 2. The Morgan fingerprint density at radius 2 is 2.05 bits per heavy atom. The highest BCUT2D eigenvalue weighted by Gasteiger charge is 2.46. The van der Waals surface area contributed by atoms with Crippen LogP contribution in [0.3, 0.4) is 0 Å². The number of hydrogen-bond donors (Lipinski definition) is 2. The van der Waals surface area contributed by atoms with Gasteiger partial charge in [-0.2, -0.15) is 0 Å². The molecular weight excluding hydrogens is 588 g/mol. The highest BCUT2D eigenvalue weighted by Crippen LogP contribution is 2.49. The maximum absolute atomic E-state index is 12.0. The molecule has 43 heavy (non-hydrogen) atoms. The van der Waals surface area contributed by atoms with Crippen molar-refractivity contribution < 1.29 is 27.8 Å². The van der Waals surface area contributed by atoms with Crippen LogP contribution in [0.25, 0.3) is 0 Å². The SMILES string of the molecule is CO[C@@H](C1=C[C@H]([C@H](C)CS(N)(=O)=O)C1)[C@@H]1CC[C@H]1CN1C[C@@]2(CCCc3cc(Cl)ccc32)COc2ccc(C(=O)O)cc21. The molecule has 3 aliphatic carbocycles. The van der Waals surface area contributed by atoms with Crippen molar-refractivity contribution in [1.82, 2.24) is 0 Å². The summed E-state index contributed by atoms with van der Waals surface area (Å²) in [6.45, 7) is 3.96. The number of nitrogens with two attached hydrogens (primary N) is 1. The van der Waals surface area contributed by atoms with E-state index in [1.807, 2.05) is 13.0 Å². The summed E-state index contributed by atoms with van der Waals surface area (Å²) >= 11 is 6.39. The predicted molar refractivity (Wildman–Crippen MR) is 168 cm³/mol. The van der Waals surface area contributed by atoms with Crippen molar-refractivity contribution in [1.29, 1.82) is 0 Å². The highest BCUT2D eigenvalue weighted by molar-refractivity contribution is 7.89. The number of carbonyl (C=O) groups is 1. The van der Waals surface area contributed by atoms with E-state index in [2.05, 4.69) is 23.1 Å². The Labute approximate surface area is 259 Å². The van der Waals surface area contributed by atoms with Crippen LogP contribution in [0.5, 0.6) is 5.75 Å². The zero-order chi connectivity index (χ0) is 30.5. The molecule has 2 aromatic carbocycles. The summed E-state index contributed by atoms with van der Waals surface area (Å²) in [6.07, 6.45) is 8.12. The van der Waals surface area contributed by atoms with E-state index in [4.69, 9.17) is 26.2 Å². The molecule has 1 saturated carbocycles. The number of primary sulfonamides is 1. The molecule has 0 saturated heterocycles. The Balaban J connectivity index is 1.27. The Morgan fingerprint density at radius 3 is 2.72 bits per heavy atom. The van der Waals surface area contributed by atoms with Crippen molar-refractivity contribution in [2.75, 3.05) is 37.5 Å². The van der Waals surface area contributed by atoms with Crippen molar-refractivity contribution in [2.45, 2.75) is 57.0 Å². The summed E-state index contributed by atoms with van der Waals surface area (Å²) in [5.74, 6) is 0.588. The van der Waals surface area contributed by atoms with Crippen LogP contribution >= 0.6 is 11.6 Å². The van der Waals surface area contributed by atoms with E-state index in [0.29, 0.717) is 18.4 Å². The predicted octanol–water partition coefficient (Wildman–Crippen LogP) is 5.42. The summed E-state index contributed by atoms with van der Waals surface area (Å²) in [4.78, 5) is 14.3. The second kappa shape index (κ2) is 11.7. The van der Waals surface area contributed by atoms with E-state index in [-0.39, 0.29) is 34.7 Å². The molecule has 1 heterocycles. The van der Waals surface area contributed by atoms with Gasteiger partial charge in [-0.05, 0) is 109 Å². The minimum absolute atomic E-state index is 0.0169. The van der Waals surface area contributed by atoms with Gasteiger partial charge in [0.2, 0.25) is 10.0 Å². The summed E-state index contributed by atoms with van der Waals surface area (Å²) in [5.41, 5.74) is 4.63. The number of carboxylic acid groups (broad SMARTS) is 1. The van der Waals surface area contributed by atoms with Crippen LogP contribution in [-0.2, 0) is 26.6 Å². The fourth-order valence-electron chi connectivity index (χ4n) is 7.93. The summed E-state index contributed by atoms with van der Waals surface area (Å²) < 4.78 is 35.8. The molecule has 4 aliphatic rings. The quantitative estimate of drug-likeness (QED) is 0.356. The first kappa shape index (κ1) is 30.4. The van der Waals surface area contributed by atoms with Crippen LogP contribution in [0.2, 0.25) is 5.02 Å². The average Bonchev–Trinajstić information content (AvgIpc) is 3.05. The summed E-state index contributed by atoms with van der Waals surface area (Å²) in [7, 11) is -1.75. The third-order valence-corrected chi connectivity index (χ3v) is 11.6. The van der Waals surface area contributed by atoms with Crippen molar-refractivity contribution in [2.24, 2.45) is 28.8 Å². The molecule has 2 aromatic rings. The number of hydrogen-bond acceptors (Lipinski definition) is 6. The molecule has 0 amide bonds. The van der Waals surface area contributed by atoms with Gasteiger partial charge < -0.3 is 19.5 Å². The molecular formula is C33H41ClN2O6S. The fraction of sp³-hybridized carbons (Fsp3) is 0.545. The second-order valence-corrected chi connectivity index (χ2v) is 15.3. The first-order valence-electron chi connectivity index (χ1n) is 15.2. The molecule has 1 spiro atoms. The van der Waals surface area contributed by atoms with E-state index < -0.39 is 16.0 Å². The van der Waals surface area contributed by atoms with E-state index >= 15 is 0 Å². The van der Waals surface area contributed by atoms with Gasteiger partial charge in [0.25, 0.3) is 0 Å². The van der Waals surface area contributed by atoms with Gasteiger partial charge in [0, 0.05) is 30.6 Å². The molecule has 6 rings (SSSR count). The zero-order valence-corrected chi connectivity index (χ0v) is 26.4. The number of aryl methyl sites for hydroxylation is 1. The molecule has 232 valence electrons. The Morgan fingerprint density at radius 1 is 1.26 bits per heavy atom. The topological polar surface area (TPSA) is 119 Å². The number of sulfonamides is 1. The van der Waals surface area contributed by atoms with Gasteiger partial charge >= 0.3 is 5.97 Å². The van der Waals surface area contributed by atoms with Gasteiger partial charge in [-0.3, -0.25) is 0 Å². The second-order valence-electron chi connectivity index (χ2n) is 13.2. The Bertz CT molecular complexity index is 1540. The lowest BCUT2D eigenvalue weighted by molar-refractivity contribution is -0.000283. The van der Waals surface area contributed by atoms with Gasteiger partial charge in [0.1, 0.15) is 5.75 Å². The molecule has 10 heteroatoms. The third kappa shape index (κ3) is 6.06. The van der Waals surface area contributed by atoms with Gasteiger partial charge in [0.15, 0.2) is 0 Å². The van der Waals surface area contributed by atoms with Crippen LogP contribution in [0.15, 0.2) is 48.0 Å². The number of methoxy groups -OCH3 is 1. The lowest BCUT2D eigenvalue weighted by Crippen LogP contribution is -2.50. The van der Waals surface area contributed by atoms with E-state index in [9.17, 15) is 18.3 Å². The largest absolute Gasteiger partial charge is 0.490 e. The first-order valence-corrected chi connectivity index (χ1v) is 17.3. The maximum Gasteiger partial charge on any atom is 0.335 e. The number of anilines is 1. The number of rotatable bonds is 9. The van der Waals surface area contributed by atoms with Crippen molar-refractivity contribution in [3.8, 4) is 5.75 Å². The first-order chi connectivity index (χ1) is 20.5. The van der Waals surface area contributed by atoms with Gasteiger partial charge in [-0.1, -0.05) is 30.7 Å².